The number of aliphatic hydroxyl groups is 1. The van der Waals surface area contributed by atoms with Crippen molar-refractivity contribution < 1.29 is 9.84 Å². The molecule has 0 spiro atoms. The van der Waals surface area contributed by atoms with Crippen LogP contribution >= 0.6 is 27.5 Å². The van der Waals surface area contributed by atoms with Crippen molar-refractivity contribution in [3.63, 3.8) is 0 Å². The molecule has 84 valence electrons. The molecule has 0 saturated carbocycles. The van der Waals surface area contributed by atoms with E-state index in [2.05, 4.69) is 21.2 Å². The maximum atomic E-state index is 8.49. The molecule has 0 heterocycles. The van der Waals surface area contributed by atoms with Crippen LogP contribution in [0.2, 0.25) is 5.02 Å². The van der Waals surface area contributed by atoms with Crippen LogP contribution in [0.1, 0.15) is 0 Å². The van der Waals surface area contributed by atoms with Crippen molar-refractivity contribution in [2.24, 2.45) is 0 Å². The van der Waals surface area contributed by atoms with Crippen molar-refractivity contribution >= 4 is 33.2 Å². The number of aliphatic hydroxyl groups excluding tert-OH is 1. The van der Waals surface area contributed by atoms with Gasteiger partial charge < -0.3 is 15.2 Å². The van der Waals surface area contributed by atoms with E-state index in [1.54, 1.807) is 0 Å². The van der Waals surface area contributed by atoms with Gasteiger partial charge in [-0.3, -0.25) is 0 Å². The van der Waals surface area contributed by atoms with Crippen LogP contribution in [0.25, 0.3) is 0 Å². The summed E-state index contributed by atoms with van der Waals surface area (Å²) in [5.74, 6) is 0. The molecular weight excluding hydrogens is 281 g/mol. The second kappa shape index (κ2) is 7.06. The van der Waals surface area contributed by atoms with Gasteiger partial charge >= 0.3 is 0 Å². The first kappa shape index (κ1) is 12.8. The zero-order valence-corrected chi connectivity index (χ0v) is 10.5. The zero-order chi connectivity index (χ0) is 11.1. The smallest absolute Gasteiger partial charge is 0.0698 e. The van der Waals surface area contributed by atoms with E-state index in [-0.39, 0.29) is 6.61 Å². The Kier molecular flexibility index (Phi) is 6.02. The van der Waals surface area contributed by atoms with E-state index < -0.39 is 0 Å². The van der Waals surface area contributed by atoms with Crippen molar-refractivity contribution in [1.82, 2.24) is 0 Å². The molecule has 0 aliphatic rings. The lowest BCUT2D eigenvalue weighted by molar-refractivity contribution is 0.0992. The molecule has 0 saturated heterocycles. The molecule has 1 aromatic rings. The number of hydrogen-bond donors (Lipinski definition) is 2. The largest absolute Gasteiger partial charge is 0.394 e. The van der Waals surface area contributed by atoms with Crippen LogP contribution in [0.5, 0.6) is 0 Å². The molecule has 0 aliphatic carbocycles. The third kappa shape index (κ3) is 4.84. The second-order valence-corrected chi connectivity index (χ2v) is 4.18. The fourth-order valence-corrected chi connectivity index (χ4v) is 1.88. The summed E-state index contributed by atoms with van der Waals surface area (Å²) in [5.41, 5.74) is 0.979. The Morgan fingerprint density at radius 2 is 2.20 bits per heavy atom. The minimum Gasteiger partial charge on any atom is -0.394 e. The van der Waals surface area contributed by atoms with Crippen molar-refractivity contribution in [2.45, 2.75) is 0 Å². The average Bonchev–Trinajstić information content (AvgIpc) is 2.20. The van der Waals surface area contributed by atoms with E-state index in [1.807, 2.05) is 18.2 Å². The first-order valence-electron chi connectivity index (χ1n) is 4.61. The Balaban J connectivity index is 2.31. The van der Waals surface area contributed by atoms with E-state index in [9.17, 15) is 0 Å². The third-order valence-corrected chi connectivity index (χ3v) is 2.62. The maximum Gasteiger partial charge on any atom is 0.0698 e. The predicted octanol–water partition coefficient (Wildman–Crippen LogP) is 2.52. The molecule has 0 bridgehead atoms. The SMILES string of the molecule is OCCOCCNc1ccc(Cl)cc1Br. The Labute approximate surface area is 103 Å². The van der Waals surface area contributed by atoms with E-state index >= 15 is 0 Å². The molecule has 0 aromatic heterocycles. The second-order valence-electron chi connectivity index (χ2n) is 2.89. The first-order chi connectivity index (χ1) is 7.24. The molecule has 15 heavy (non-hydrogen) atoms. The van der Waals surface area contributed by atoms with Gasteiger partial charge in [0.05, 0.1) is 19.8 Å². The summed E-state index contributed by atoms with van der Waals surface area (Å²) in [6.45, 7) is 1.70. The van der Waals surface area contributed by atoms with Crippen LogP contribution in [0.4, 0.5) is 5.69 Å². The van der Waals surface area contributed by atoms with Gasteiger partial charge in [-0.05, 0) is 34.1 Å². The van der Waals surface area contributed by atoms with Crippen molar-refractivity contribution in [3.8, 4) is 0 Å². The number of hydrogen-bond acceptors (Lipinski definition) is 3. The van der Waals surface area contributed by atoms with Crippen LogP contribution in [0.15, 0.2) is 22.7 Å². The number of benzene rings is 1. The summed E-state index contributed by atoms with van der Waals surface area (Å²) in [5, 5.41) is 12.4. The van der Waals surface area contributed by atoms with E-state index in [0.717, 1.165) is 10.2 Å². The fraction of sp³-hybridized carbons (Fsp3) is 0.400. The van der Waals surface area contributed by atoms with Gasteiger partial charge in [-0.15, -0.1) is 0 Å². The number of ether oxygens (including phenoxy) is 1. The van der Waals surface area contributed by atoms with Crippen LogP contribution < -0.4 is 5.32 Å². The molecule has 0 unspecified atom stereocenters. The minimum absolute atomic E-state index is 0.0602. The van der Waals surface area contributed by atoms with Crippen LogP contribution in [0, 0.1) is 0 Å². The van der Waals surface area contributed by atoms with Gasteiger partial charge in [0.15, 0.2) is 0 Å². The standard InChI is InChI=1S/C10H13BrClNO2/c11-9-7-8(12)1-2-10(9)13-3-5-15-6-4-14/h1-2,7,13-14H,3-6H2. The van der Waals surface area contributed by atoms with Gasteiger partial charge in [0, 0.05) is 21.7 Å². The van der Waals surface area contributed by atoms with Gasteiger partial charge in [0.1, 0.15) is 0 Å². The molecule has 0 radical (unpaired) electrons. The topological polar surface area (TPSA) is 41.5 Å². The van der Waals surface area contributed by atoms with Crippen LogP contribution in [-0.4, -0.2) is 31.5 Å². The molecule has 0 atom stereocenters. The van der Waals surface area contributed by atoms with Gasteiger partial charge in [-0.1, -0.05) is 11.6 Å². The summed E-state index contributed by atoms with van der Waals surface area (Å²) in [6.07, 6.45) is 0. The van der Waals surface area contributed by atoms with Crippen LogP contribution in [-0.2, 0) is 4.74 Å². The number of halogens is 2. The zero-order valence-electron chi connectivity index (χ0n) is 8.17. The normalized spacial score (nSPS) is 10.3. The van der Waals surface area contributed by atoms with Crippen molar-refractivity contribution in [1.29, 1.82) is 0 Å². The lowest BCUT2D eigenvalue weighted by Gasteiger charge is -2.08. The molecule has 1 rings (SSSR count). The van der Waals surface area contributed by atoms with Crippen molar-refractivity contribution in [2.75, 3.05) is 31.7 Å². The molecule has 2 N–H and O–H groups in total. The van der Waals surface area contributed by atoms with Crippen molar-refractivity contribution in [3.05, 3.63) is 27.7 Å². The summed E-state index contributed by atoms with van der Waals surface area (Å²) < 4.78 is 6.04. The Morgan fingerprint density at radius 3 is 2.87 bits per heavy atom. The molecular formula is C10H13BrClNO2. The lowest BCUT2D eigenvalue weighted by atomic mass is 10.3. The Morgan fingerprint density at radius 1 is 1.40 bits per heavy atom. The highest BCUT2D eigenvalue weighted by Crippen LogP contribution is 2.25. The van der Waals surface area contributed by atoms with E-state index in [4.69, 9.17) is 21.4 Å². The monoisotopic (exact) mass is 293 g/mol. The molecule has 3 nitrogen and oxygen atoms in total. The van der Waals surface area contributed by atoms with Gasteiger partial charge in [0.2, 0.25) is 0 Å². The molecule has 0 fully saturated rings. The minimum atomic E-state index is 0.0602. The number of rotatable bonds is 6. The highest BCUT2D eigenvalue weighted by molar-refractivity contribution is 9.10. The van der Waals surface area contributed by atoms with Gasteiger partial charge in [-0.25, -0.2) is 0 Å². The third-order valence-electron chi connectivity index (χ3n) is 1.73. The molecule has 5 heteroatoms. The lowest BCUT2D eigenvalue weighted by Crippen LogP contribution is -2.11. The van der Waals surface area contributed by atoms with Crippen LogP contribution in [0.3, 0.4) is 0 Å². The molecule has 1 aromatic carbocycles. The summed E-state index contributed by atoms with van der Waals surface area (Å²) in [4.78, 5) is 0. The number of anilines is 1. The first-order valence-corrected chi connectivity index (χ1v) is 5.78. The highest BCUT2D eigenvalue weighted by atomic mass is 79.9. The molecule has 0 aliphatic heterocycles. The Bertz CT molecular complexity index is 309. The molecule has 0 amide bonds. The summed E-state index contributed by atoms with van der Waals surface area (Å²) in [6, 6.07) is 5.56. The van der Waals surface area contributed by atoms with Gasteiger partial charge in [0.25, 0.3) is 0 Å². The van der Waals surface area contributed by atoms with Gasteiger partial charge in [-0.2, -0.15) is 0 Å². The van der Waals surface area contributed by atoms with E-state index in [1.165, 1.54) is 0 Å². The predicted molar refractivity (Wildman–Crippen MR) is 65.5 cm³/mol. The summed E-state index contributed by atoms with van der Waals surface area (Å²) in [7, 11) is 0. The number of nitrogens with one attached hydrogen (secondary N) is 1. The van der Waals surface area contributed by atoms with E-state index in [0.29, 0.717) is 24.8 Å². The highest BCUT2D eigenvalue weighted by Gasteiger charge is 1.99. The maximum absolute atomic E-state index is 8.49. The Hall–Kier alpha value is -0.290. The average molecular weight is 295 g/mol. The quantitative estimate of drug-likeness (QED) is 0.792. The summed E-state index contributed by atoms with van der Waals surface area (Å²) >= 11 is 9.21. The fourth-order valence-electron chi connectivity index (χ4n) is 1.06.